The highest BCUT2D eigenvalue weighted by molar-refractivity contribution is 5.40. The predicted octanol–water partition coefficient (Wildman–Crippen LogP) is 2.05. The summed E-state index contributed by atoms with van der Waals surface area (Å²) in [5.74, 6) is 0.377. The average Bonchev–Trinajstić information content (AvgIpc) is 2.02. The van der Waals surface area contributed by atoms with Crippen LogP contribution in [0.1, 0.15) is 6.92 Å². The van der Waals surface area contributed by atoms with Crippen LogP contribution in [0.15, 0.2) is 30.9 Å². The molecule has 2 N–H and O–H groups in total. The van der Waals surface area contributed by atoms with E-state index in [4.69, 9.17) is 14.9 Å². The minimum atomic E-state index is -0.152. The molecule has 0 saturated carbocycles. The van der Waals surface area contributed by atoms with Crippen LogP contribution in [0.5, 0.6) is 17.2 Å². The van der Waals surface area contributed by atoms with E-state index in [9.17, 15) is 0 Å². The predicted molar refractivity (Wildman–Crippen MR) is 50.1 cm³/mol. The Labute approximate surface area is 76.9 Å². The Kier molecular flexibility index (Phi) is 2.80. The van der Waals surface area contributed by atoms with Crippen LogP contribution < -0.4 is 4.74 Å². The summed E-state index contributed by atoms with van der Waals surface area (Å²) < 4.78 is 5.29. The molecular weight excluding hydrogens is 168 g/mol. The van der Waals surface area contributed by atoms with Gasteiger partial charge in [-0.2, -0.15) is 0 Å². The third-order valence-electron chi connectivity index (χ3n) is 1.53. The fraction of sp³-hybridized carbons (Fsp3) is 0.200. The molecule has 1 aromatic rings. The smallest absolute Gasteiger partial charge is 0.127 e. The summed E-state index contributed by atoms with van der Waals surface area (Å²) >= 11 is 0. The van der Waals surface area contributed by atoms with Crippen LogP contribution in [0, 0.1) is 0 Å². The standard InChI is InChI=1S/C10H12O3/c1-3-7(2)13-10-5-8(11)4-9(12)6-10/h3-7,11-12H,1H2,2H3. The molecule has 0 aliphatic carbocycles. The lowest BCUT2D eigenvalue weighted by Gasteiger charge is -2.10. The summed E-state index contributed by atoms with van der Waals surface area (Å²) in [6.45, 7) is 5.37. The van der Waals surface area contributed by atoms with E-state index in [1.807, 2.05) is 6.92 Å². The maximum atomic E-state index is 9.11. The Morgan fingerprint density at radius 3 is 2.31 bits per heavy atom. The zero-order valence-electron chi connectivity index (χ0n) is 7.40. The molecule has 0 aliphatic rings. The van der Waals surface area contributed by atoms with E-state index in [1.54, 1.807) is 6.08 Å². The monoisotopic (exact) mass is 180 g/mol. The molecule has 0 fully saturated rings. The fourth-order valence-corrected chi connectivity index (χ4v) is 0.899. The lowest BCUT2D eigenvalue weighted by molar-refractivity contribution is 0.267. The highest BCUT2D eigenvalue weighted by Crippen LogP contribution is 2.26. The van der Waals surface area contributed by atoms with Gasteiger partial charge in [-0.1, -0.05) is 12.7 Å². The normalized spacial score (nSPS) is 12.1. The van der Waals surface area contributed by atoms with Gasteiger partial charge in [-0.05, 0) is 6.92 Å². The highest BCUT2D eigenvalue weighted by atomic mass is 16.5. The molecule has 0 saturated heterocycles. The molecule has 0 aromatic heterocycles. The lowest BCUT2D eigenvalue weighted by atomic mass is 10.3. The molecule has 1 aromatic carbocycles. The molecule has 1 atom stereocenters. The maximum absolute atomic E-state index is 9.11. The van der Waals surface area contributed by atoms with E-state index in [2.05, 4.69) is 6.58 Å². The number of hydrogen-bond donors (Lipinski definition) is 2. The SMILES string of the molecule is C=CC(C)Oc1cc(O)cc(O)c1. The molecule has 13 heavy (non-hydrogen) atoms. The van der Waals surface area contributed by atoms with Crippen molar-refractivity contribution in [2.75, 3.05) is 0 Å². The Morgan fingerprint density at radius 2 is 1.85 bits per heavy atom. The van der Waals surface area contributed by atoms with Crippen molar-refractivity contribution in [2.24, 2.45) is 0 Å². The molecule has 0 heterocycles. The van der Waals surface area contributed by atoms with Gasteiger partial charge in [0.05, 0.1) is 0 Å². The van der Waals surface area contributed by atoms with E-state index >= 15 is 0 Å². The van der Waals surface area contributed by atoms with Crippen molar-refractivity contribution in [3.8, 4) is 17.2 Å². The topological polar surface area (TPSA) is 49.7 Å². The van der Waals surface area contributed by atoms with Gasteiger partial charge in [-0.3, -0.25) is 0 Å². The largest absolute Gasteiger partial charge is 0.508 e. The molecule has 0 bridgehead atoms. The average molecular weight is 180 g/mol. The van der Waals surface area contributed by atoms with E-state index in [1.165, 1.54) is 18.2 Å². The lowest BCUT2D eigenvalue weighted by Crippen LogP contribution is -2.06. The van der Waals surface area contributed by atoms with Gasteiger partial charge in [-0.25, -0.2) is 0 Å². The van der Waals surface area contributed by atoms with E-state index in [0.717, 1.165) is 0 Å². The van der Waals surface area contributed by atoms with Crippen LogP contribution >= 0.6 is 0 Å². The van der Waals surface area contributed by atoms with Crippen molar-refractivity contribution in [3.05, 3.63) is 30.9 Å². The molecule has 0 amide bonds. The van der Waals surface area contributed by atoms with Gasteiger partial charge in [0.15, 0.2) is 0 Å². The van der Waals surface area contributed by atoms with Crippen molar-refractivity contribution < 1.29 is 14.9 Å². The first-order chi connectivity index (χ1) is 6.11. The minimum Gasteiger partial charge on any atom is -0.508 e. The summed E-state index contributed by atoms with van der Waals surface area (Å²) in [5, 5.41) is 18.2. The molecule has 1 unspecified atom stereocenters. The van der Waals surface area contributed by atoms with Gasteiger partial charge in [0.2, 0.25) is 0 Å². The second-order valence-corrected chi connectivity index (χ2v) is 2.74. The van der Waals surface area contributed by atoms with Gasteiger partial charge < -0.3 is 14.9 Å². The van der Waals surface area contributed by atoms with Crippen LogP contribution in [0.4, 0.5) is 0 Å². The van der Waals surface area contributed by atoms with Crippen LogP contribution in [0.2, 0.25) is 0 Å². The molecule has 3 heteroatoms. The Morgan fingerprint density at radius 1 is 1.31 bits per heavy atom. The van der Waals surface area contributed by atoms with Crippen LogP contribution in [0.25, 0.3) is 0 Å². The second kappa shape index (κ2) is 3.85. The summed E-state index contributed by atoms with van der Waals surface area (Å²) in [4.78, 5) is 0. The van der Waals surface area contributed by atoms with Gasteiger partial charge in [0, 0.05) is 18.2 Å². The quantitative estimate of drug-likeness (QED) is 0.700. The molecular formula is C10H12O3. The van der Waals surface area contributed by atoms with Gasteiger partial charge >= 0.3 is 0 Å². The number of benzene rings is 1. The Balaban J connectivity index is 2.82. The number of rotatable bonds is 3. The minimum absolute atomic E-state index is 0.0220. The summed E-state index contributed by atoms with van der Waals surface area (Å²) in [6, 6.07) is 4.10. The summed E-state index contributed by atoms with van der Waals surface area (Å²) in [6.07, 6.45) is 1.47. The zero-order chi connectivity index (χ0) is 9.84. The first-order valence-electron chi connectivity index (χ1n) is 3.94. The van der Waals surface area contributed by atoms with E-state index in [-0.39, 0.29) is 17.6 Å². The molecule has 1 rings (SSSR count). The third kappa shape index (κ3) is 2.71. The van der Waals surface area contributed by atoms with Crippen molar-refractivity contribution in [2.45, 2.75) is 13.0 Å². The van der Waals surface area contributed by atoms with E-state index < -0.39 is 0 Å². The molecule has 0 spiro atoms. The number of ether oxygens (including phenoxy) is 1. The first kappa shape index (κ1) is 9.45. The molecule has 70 valence electrons. The van der Waals surface area contributed by atoms with Crippen molar-refractivity contribution in [1.29, 1.82) is 0 Å². The van der Waals surface area contributed by atoms with Gasteiger partial charge in [0.1, 0.15) is 23.4 Å². The van der Waals surface area contributed by atoms with Gasteiger partial charge in [0.25, 0.3) is 0 Å². The zero-order valence-corrected chi connectivity index (χ0v) is 7.40. The molecule has 0 aliphatic heterocycles. The van der Waals surface area contributed by atoms with Gasteiger partial charge in [-0.15, -0.1) is 0 Å². The number of hydrogen-bond acceptors (Lipinski definition) is 3. The Hall–Kier alpha value is -1.64. The van der Waals surface area contributed by atoms with Crippen LogP contribution in [-0.4, -0.2) is 16.3 Å². The summed E-state index contributed by atoms with van der Waals surface area (Å²) in [7, 11) is 0. The molecule has 3 nitrogen and oxygen atoms in total. The van der Waals surface area contributed by atoms with Crippen LogP contribution in [0.3, 0.4) is 0 Å². The third-order valence-corrected chi connectivity index (χ3v) is 1.53. The fourth-order valence-electron chi connectivity index (χ4n) is 0.899. The second-order valence-electron chi connectivity index (χ2n) is 2.74. The van der Waals surface area contributed by atoms with Crippen molar-refractivity contribution in [3.63, 3.8) is 0 Å². The van der Waals surface area contributed by atoms with Crippen molar-refractivity contribution in [1.82, 2.24) is 0 Å². The highest BCUT2D eigenvalue weighted by Gasteiger charge is 2.02. The number of phenolic OH excluding ortho intramolecular Hbond substituents is 2. The Bertz CT molecular complexity index is 287. The maximum Gasteiger partial charge on any atom is 0.127 e. The number of aromatic hydroxyl groups is 2. The van der Waals surface area contributed by atoms with Crippen LogP contribution in [-0.2, 0) is 0 Å². The van der Waals surface area contributed by atoms with Crippen molar-refractivity contribution >= 4 is 0 Å². The number of phenols is 2. The van der Waals surface area contributed by atoms with E-state index in [0.29, 0.717) is 5.75 Å². The first-order valence-corrected chi connectivity index (χ1v) is 3.94. The molecule has 0 radical (unpaired) electrons. The summed E-state index contributed by atoms with van der Waals surface area (Å²) in [5.41, 5.74) is 0.